The minimum Gasteiger partial charge on any atom is -0.466 e. The van der Waals surface area contributed by atoms with Crippen molar-refractivity contribution in [3.63, 3.8) is 0 Å². The number of hydrogen-bond donors (Lipinski definition) is 3. The van der Waals surface area contributed by atoms with Crippen LogP contribution in [0.1, 0.15) is 27.4 Å². The second-order valence-electron chi connectivity index (χ2n) is 6.19. The highest BCUT2D eigenvalue weighted by molar-refractivity contribution is 6.06. The summed E-state index contributed by atoms with van der Waals surface area (Å²) in [7, 11) is 0. The number of anilines is 3. The molecule has 0 atom stereocenters. The minimum atomic E-state index is -0.335. The Kier molecular flexibility index (Phi) is 5.26. The average molecular weight is 363 g/mol. The number of furan rings is 1. The molecule has 0 saturated heterocycles. The third-order valence-electron chi connectivity index (χ3n) is 4.22. The number of aryl methyl sites for hydroxylation is 2. The number of para-hydroxylation sites is 1. The standard InChI is InChI=1S/C21H21N3O3/c1-13-14(2)27-15(3)19(13)20(25)22-17-9-11-18(12-10-17)24-21(26)23-16-7-5-4-6-8-16/h4-12H,1-3H3,(H,22,25)(H2,23,24,26). The quantitative estimate of drug-likeness (QED) is 0.603. The molecule has 6 heteroatoms. The molecule has 27 heavy (non-hydrogen) atoms. The van der Waals surface area contributed by atoms with E-state index < -0.39 is 0 Å². The van der Waals surface area contributed by atoms with Gasteiger partial charge in [0, 0.05) is 22.6 Å². The normalized spacial score (nSPS) is 10.3. The van der Waals surface area contributed by atoms with Gasteiger partial charge in [-0.25, -0.2) is 4.79 Å². The van der Waals surface area contributed by atoms with Crippen LogP contribution < -0.4 is 16.0 Å². The molecule has 0 aliphatic heterocycles. The third kappa shape index (κ3) is 4.36. The summed E-state index contributed by atoms with van der Waals surface area (Å²) in [6.45, 7) is 5.46. The molecule has 3 rings (SSSR count). The average Bonchev–Trinajstić information content (AvgIpc) is 2.89. The fourth-order valence-corrected chi connectivity index (χ4v) is 2.77. The molecule has 0 saturated carbocycles. The predicted molar refractivity (Wildman–Crippen MR) is 106 cm³/mol. The van der Waals surface area contributed by atoms with Crippen LogP contribution in [0.5, 0.6) is 0 Å². The van der Waals surface area contributed by atoms with Crippen LogP contribution in [0, 0.1) is 20.8 Å². The summed E-state index contributed by atoms with van der Waals surface area (Å²) in [5.74, 6) is 1.12. The third-order valence-corrected chi connectivity index (χ3v) is 4.22. The molecular weight excluding hydrogens is 342 g/mol. The Bertz CT molecular complexity index is 960. The maximum absolute atomic E-state index is 12.5. The van der Waals surface area contributed by atoms with Crippen molar-refractivity contribution in [2.24, 2.45) is 0 Å². The van der Waals surface area contributed by atoms with Crippen LogP contribution in [0.15, 0.2) is 59.0 Å². The van der Waals surface area contributed by atoms with Gasteiger partial charge in [-0.15, -0.1) is 0 Å². The van der Waals surface area contributed by atoms with E-state index in [1.54, 1.807) is 43.3 Å². The number of rotatable bonds is 4. The first-order valence-electron chi connectivity index (χ1n) is 8.55. The van der Waals surface area contributed by atoms with E-state index in [9.17, 15) is 9.59 Å². The van der Waals surface area contributed by atoms with Gasteiger partial charge in [0.1, 0.15) is 11.5 Å². The van der Waals surface area contributed by atoms with Gasteiger partial charge in [0.15, 0.2) is 0 Å². The number of urea groups is 1. The summed E-state index contributed by atoms with van der Waals surface area (Å²) in [4.78, 5) is 24.5. The summed E-state index contributed by atoms with van der Waals surface area (Å²) in [5.41, 5.74) is 3.34. The van der Waals surface area contributed by atoms with Gasteiger partial charge < -0.3 is 20.4 Å². The Morgan fingerprint density at radius 2 is 1.22 bits per heavy atom. The van der Waals surface area contributed by atoms with Crippen LogP contribution in [0.4, 0.5) is 21.9 Å². The van der Waals surface area contributed by atoms with E-state index in [1.807, 2.05) is 32.0 Å². The smallest absolute Gasteiger partial charge is 0.323 e. The Morgan fingerprint density at radius 3 is 1.74 bits per heavy atom. The maximum atomic E-state index is 12.5. The second kappa shape index (κ2) is 7.78. The van der Waals surface area contributed by atoms with Crippen molar-refractivity contribution in [2.75, 3.05) is 16.0 Å². The van der Waals surface area contributed by atoms with E-state index in [1.165, 1.54) is 0 Å². The van der Waals surface area contributed by atoms with E-state index in [-0.39, 0.29) is 11.9 Å². The zero-order chi connectivity index (χ0) is 19.4. The monoisotopic (exact) mass is 363 g/mol. The highest BCUT2D eigenvalue weighted by Crippen LogP contribution is 2.22. The zero-order valence-electron chi connectivity index (χ0n) is 15.4. The topological polar surface area (TPSA) is 83.4 Å². The van der Waals surface area contributed by atoms with Gasteiger partial charge in [-0.3, -0.25) is 4.79 Å². The van der Waals surface area contributed by atoms with Crippen molar-refractivity contribution in [1.29, 1.82) is 0 Å². The van der Waals surface area contributed by atoms with Crippen LogP contribution in [0.25, 0.3) is 0 Å². The summed E-state index contributed by atoms with van der Waals surface area (Å²) in [6.07, 6.45) is 0. The summed E-state index contributed by atoms with van der Waals surface area (Å²) in [5, 5.41) is 8.34. The van der Waals surface area contributed by atoms with Gasteiger partial charge in [0.2, 0.25) is 0 Å². The van der Waals surface area contributed by atoms with Crippen molar-refractivity contribution in [2.45, 2.75) is 20.8 Å². The molecule has 3 N–H and O–H groups in total. The lowest BCUT2D eigenvalue weighted by atomic mass is 10.1. The Morgan fingerprint density at radius 1 is 0.704 bits per heavy atom. The number of benzene rings is 2. The van der Waals surface area contributed by atoms with Crippen LogP contribution in [-0.4, -0.2) is 11.9 Å². The van der Waals surface area contributed by atoms with Gasteiger partial charge in [0.05, 0.1) is 5.56 Å². The largest absolute Gasteiger partial charge is 0.466 e. The second-order valence-corrected chi connectivity index (χ2v) is 6.19. The Hall–Kier alpha value is -3.54. The SMILES string of the molecule is Cc1oc(C)c(C(=O)Nc2ccc(NC(=O)Nc3ccccc3)cc2)c1C. The molecule has 3 amide bonds. The molecular formula is C21H21N3O3. The number of hydrogen-bond acceptors (Lipinski definition) is 3. The molecule has 0 unspecified atom stereocenters. The van der Waals surface area contributed by atoms with Gasteiger partial charge in [-0.05, 0) is 57.2 Å². The molecule has 0 aliphatic rings. The first-order valence-corrected chi connectivity index (χ1v) is 8.55. The fraction of sp³-hybridized carbons (Fsp3) is 0.143. The molecule has 0 fully saturated rings. The molecule has 2 aromatic carbocycles. The molecule has 0 bridgehead atoms. The molecule has 3 aromatic rings. The Balaban J connectivity index is 1.61. The van der Waals surface area contributed by atoms with Gasteiger partial charge in [0.25, 0.3) is 5.91 Å². The number of nitrogens with one attached hydrogen (secondary N) is 3. The highest BCUT2D eigenvalue weighted by atomic mass is 16.3. The number of carbonyl (C=O) groups excluding carboxylic acids is 2. The van der Waals surface area contributed by atoms with E-state index in [4.69, 9.17) is 4.42 Å². The van der Waals surface area contributed by atoms with E-state index in [0.29, 0.717) is 28.4 Å². The molecule has 1 heterocycles. The van der Waals surface area contributed by atoms with Crippen LogP contribution in [0.3, 0.4) is 0 Å². The van der Waals surface area contributed by atoms with E-state index >= 15 is 0 Å². The minimum absolute atomic E-state index is 0.218. The first-order chi connectivity index (χ1) is 12.9. The number of carbonyl (C=O) groups is 2. The predicted octanol–water partition coefficient (Wildman–Crippen LogP) is 5.10. The van der Waals surface area contributed by atoms with Crippen molar-refractivity contribution >= 4 is 29.0 Å². The first kappa shape index (κ1) is 18.3. The lowest BCUT2D eigenvalue weighted by Crippen LogP contribution is -2.19. The van der Waals surface area contributed by atoms with Gasteiger partial charge in [-0.2, -0.15) is 0 Å². The summed E-state index contributed by atoms with van der Waals surface area (Å²) >= 11 is 0. The maximum Gasteiger partial charge on any atom is 0.323 e. The Labute approximate surface area is 157 Å². The highest BCUT2D eigenvalue weighted by Gasteiger charge is 2.18. The van der Waals surface area contributed by atoms with Crippen molar-refractivity contribution in [3.8, 4) is 0 Å². The molecule has 0 aliphatic carbocycles. The van der Waals surface area contributed by atoms with Crippen molar-refractivity contribution in [3.05, 3.63) is 77.2 Å². The van der Waals surface area contributed by atoms with Crippen molar-refractivity contribution in [1.82, 2.24) is 0 Å². The lowest BCUT2D eigenvalue weighted by molar-refractivity contribution is 0.102. The van der Waals surface area contributed by atoms with Gasteiger partial charge >= 0.3 is 6.03 Å². The molecule has 138 valence electrons. The van der Waals surface area contributed by atoms with Crippen LogP contribution >= 0.6 is 0 Å². The lowest BCUT2D eigenvalue weighted by Gasteiger charge is -2.09. The van der Waals surface area contributed by atoms with Crippen LogP contribution in [0.2, 0.25) is 0 Å². The molecule has 1 aromatic heterocycles. The fourth-order valence-electron chi connectivity index (χ4n) is 2.77. The van der Waals surface area contributed by atoms with Crippen molar-refractivity contribution < 1.29 is 14.0 Å². The van der Waals surface area contributed by atoms with Gasteiger partial charge in [-0.1, -0.05) is 18.2 Å². The summed E-state index contributed by atoms with van der Waals surface area (Å²) < 4.78 is 5.50. The molecule has 6 nitrogen and oxygen atoms in total. The molecule has 0 spiro atoms. The molecule has 0 radical (unpaired) electrons. The van der Waals surface area contributed by atoms with E-state index in [0.717, 1.165) is 11.3 Å². The van der Waals surface area contributed by atoms with E-state index in [2.05, 4.69) is 16.0 Å². The zero-order valence-corrected chi connectivity index (χ0v) is 15.4. The van der Waals surface area contributed by atoms with Crippen LogP contribution in [-0.2, 0) is 0 Å². The summed E-state index contributed by atoms with van der Waals surface area (Å²) in [6, 6.07) is 15.8. The number of amides is 3.